The van der Waals surface area contributed by atoms with Crippen molar-refractivity contribution >= 4 is 29.0 Å². The third-order valence-electron chi connectivity index (χ3n) is 8.80. The highest BCUT2D eigenvalue weighted by Crippen LogP contribution is 2.41. The van der Waals surface area contributed by atoms with Crippen LogP contribution in [0.3, 0.4) is 0 Å². The maximum absolute atomic E-state index is 15.3. The molecule has 42 heavy (non-hydrogen) atoms. The minimum absolute atomic E-state index is 0.137. The number of hydrogen-bond acceptors (Lipinski definition) is 4. The molecule has 4 aromatic rings. The molecule has 0 heterocycles. The van der Waals surface area contributed by atoms with Crippen LogP contribution in [0.2, 0.25) is 0 Å². The van der Waals surface area contributed by atoms with E-state index < -0.39 is 0 Å². The summed E-state index contributed by atoms with van der Waals surface area (Å²) in [5.74, 6) is 0.828. The van der Waals surface area contributed by atoms with Crippen molar-refractivity contribution in [2.24, 2.45) is 5.92 Å². The van der Waals surface area contributed by atoms with E-state index in [1.165, 1.54) is 37.4 Å². The van der Waals surface area contributed by atoms with Crippen molar-refractivity contribution in [3.05, 3.63) is 112 Å². The molecular weight excluding hydrogens is 541 g/mol. The van der Waals surface area contributed by atoms with E-state index in [0.29, 0.717) is 46.0 Å². The minimum atomic E-state index is -0.180. The van der Waals surface area contributed by atoms with Crippen LogP contribution in [-0.2, 0) is 0 Å². The lowest BCUT2D eigenvalue weighted by atomic mass is 9.77. The summed E-state index contributed by atoms with van der Waals surface area (Å²) in [6, 6.07) is 24.3. The summed E-state index contributed by atoms with van der Waals surface area (Å²) in [7, 11) is 0. The van der Waals surface area contributed by atoms with Crippen molar-refractivity contribution in [3.63, 3.8) is 0 Å². The Morgan fingerprint density at radius 1 is 0.786 bits per heavy atom. The predicted molar refractivity (Wildman–Crippen MR) is 169 cm³/mol. The fourth-order valence-corrected chi connectivity index (χ4v) is 7.65. The van der Waals surface area contributed by atoms with Gasteiger partial charge in [-0.25, -0.2) is 4.39 Å². The van der Waals surface area contributed by atoms with Gasteiger partial charge in [-0.2, -0.15) is 0 Å². The molecule has 214 valence electrons. The number of benzene rings is 4. The molecule has 1 saturated carbocycles. The molecule has 5 heteroatoms. The molecule has 2 aliphatic carbocycles. The molecule has 0 unspecified atom stereocenters. The Morgan fingerprint density at radius 3 is 2.17 bits per heavy atom. The summed E-state index contributed by atoms with van der Waals surface area (Å²) in [6.45, 7) is 4.87. The van der Waals surface area contributed by atoms with E-state index in [1.807, 2.05) is 61.5 Å². The normalized spacial score (nSPS) is 18.0. The molecule has 0 aromatic heterocycles. The molecule has 0 spiro atoms. The van der Waals surface area contributed by atoms with Gasteiger partial charge in [0.05, 0.1) is 5.56 Å². The number of carbonyl (C=O) groups excluding carboxylic acids is 2. The number of fused-ring (bicyclic) bond motifs is 2. The van der Waals surface area contributed by atoms with Crippen LogP contribution in [0.1, 0.15) is 95.7 Å². The van der Waals surface area contributed by atoms with E-state index in [0.717, 1.165) is 39.7 Å². The quantitative estimate of drug-likeness (QED) is 0.199. The fraction of sp³-hybridized carbons (Fsp3) is 0.297. The molecule has 2 aliphatic rings. The summed E-state index contributed by atoms with van der Waals surface area (Å²) in [5, 5.41) is 3.21. The highest BCUT2D eigenvalue weighted by Gasteiger charge is 2.33. The Morgan fingerprint density at radius 2 is 1.48 bits per heavy atom. The number of ketones is 2. The van der Waals surface area contributed by atoms with Crippen LogP contribution in [0.5, 0.6) is 0 Å². The van der Waals surface area contributed by atoms with Crippen molar-refractivity contribution in [3.8, 4) is 11.1 Å². The second kappa shape index (κ2) is 12.3. The fourth-order valence-electron chi connectivity index (χ4n) is 6.67. The van der Waals surface area contributed by atoms with Gasteiger partial charge in [0.25, 0.3) is 0 Å². The number of rotatable bonds is 8. The molecule has 4 aromatic carbocycles. The van der Waals surface area contributed by atoms with Gasteiger partial charge < -0.3 is 5.32 Å². The van der Waals surface area contributed by atoms with E-state index in [9.17, 15) is 9.59 Å². The van der Waals surface area contributed by atoms with Crippen LogP contribution < -0.4 is 5.32 Å². The molecule has 0 amide bonds. The summed E-state index contributed by atoms with van der Waals surface area (Å²) >= 11 is 1.45. The van der Waals surface area contributed by atoms with Gasteiger partial charge in [-0.1, -0.05) is 80.1 Å². The average molecular weight is 578 g/mol. The molecule has 0 bridgehead atoms. The minimum Gasteiger partial charge on any atom is -0.385 e. The van der Waals surface area contributed by atoms with Crippen molar-refractivity contribution in [1.29, 1.82) is 0 Å². The molecule has 3 nitrogen and oxygen atoms in total. The van der Waals surface area contributed by atoms with Gasteiger partial charge in [0.2, 0.25) is 0 Å². The van der Waals surface area contributed by atoms with Crippen molar-refractivity contribution in [2.75, 3.05) is 11.9 Å². The van der Waals surface area contributed by atoms with Crippen LogP contribution in [0.15, 0.2) is 88.7 Å². The van der Waals surface area contributed by atoms with E-state index in [2.05, 4.69) is 18.3 Å². The smallest absolute Gasteiger partial charge is 0.196 e. The zero-order valence-corrected chi connectivity index (χ0v) is 25.0. The Kier molecular flexibility index (Phi) is 8.30. The van der Waals surface area contributed by atoms with E-state index >= 15 is 4.39 Å². The summed E-state index contributed by atoms with van der Waals surface area (Å²) in [5.41, 5.74) is 4.98. The first-order valence-electron chi connectivity index (χ1n) is 15.2. The standard InChI is InChI=1S/C37H36FNO2S/c1-3-7-23-12-14-24(15-13-23)26-18-21-28(31(38)22-26)25-16-19-27(20-17-25)42-33-11-6-9-30-35(33)37(41)29-8-5-10-32(39-4-2)34(29)36(30)40/h5-6,8-11,16-24,39H,3-4,7,12-15H2,1-2H3. The van der Waals surface area contributed by atoms with Crippen molar-refractivity contribution < 1.29 is 14.0 Å². The molecule has 0 aliphatic heterocycles. The Bertz CT molecular complexity index is 1640. The number of hydrogen-bond donors (Lipinski definition) is 1. The molecule has 0 atom stereocenters. The number of halogens is 1. The van der Waals surface area contributed by atoms with Gasteiger partial charge in [-0.05, 0) is 85.9 Å². The van der Waals surface area contributed by atoms with Gasteiger partial charge in [-0.15, -0.1) is 0 Å². The Balaban J connectivity index is 1.21. The van der Waals surface area contributed by atoms with Gasteiger partial charge in [0.15, 0.2) is 11.6 Å². The van der Waals surface area contributed by atoms with Gasteiger partial charge in [0, 0.05) is 44.3 Å². The molecule has 0 saturated heterocycles. The number of carbonyl (C=O) groups is 2. The molecule has 0 radical (unpaired) electrons. The first-order valence-corrected chi connectivity index (χ1v) is 16.0. The monoisotopic (exact) mass is 577 g/mol. The highest BCUT2D eigenvalue weighted by atomic mass is 32.2. The van der Waals surface area contributed by atoms with E-state index in [1.54, 1.807) is 18.2 Å². The largest absolute Gasteiger partial charge is 0.385 e. The van der Waals surface area contributed by atoms with Crippen LogP contribution >= 0.6 is 11.8 Å². The third kappa shape index (κ3) is 5.43. The van der Waals surface area contributed by atoms with E-state index in [4.69, 9.17) is 0 Å². The summed E-state index contributed by atoms with van der Waals surface area (Å²) in [4.78, 5) is 28.8. The lowest BCUT2D eigenvalue weighted by Crippen LogP contribution is -2.23. The zero-order chi connectivity index (χ0) is 29.2. The van der Waals surface area contributed by atoms with Crippen molar-refractivity contribution in [1.82, 2.24) is 0 Å². The molecular formula is C37H36FNO2S. The molecule has 6 rings (SSSR count). The van der Waals surface area contributed by atoms with Gasteiger partial charge in [0.1, 0.15) is 5.82 Å². The van der Waals surface area contributed by atoms with Crippen LogP contribution in [0.25, 0.3) is 11.1 Å². The maximum atomic E-state index is 15.3. The first kappa shape index (κ1) is 28.4. The first-order chi connectivity index (χ1) is 20.5. The third-order valence-corrected chi connectivity index (χ3v) is 9.87. The van der Waals surface area contributed by atoms with Crippen LogP contribution in [-0.4, -0.2) is 18.1 Å². The molecule has 1 N–H and O–H groups in total. The highest BCUT2D eigenvalue weighted by molar-refractivity contribution is 7.99. The Hall–Kier alpha value is -3.70. The van der Waals surface area contributed by atoms with E-state index in [-0.39, 0.29) is 17.4 Å². The maximum Gasteiger partial charge on any atom is 0.196 e. The SMILES string of the molecule is CCCC1CCC(c2ccc(-c3ccc(Sc4cccc5c4C(=O)c4cccc(NCC)c4C5=O)cc3)c(F)c2)CC1. The van der Waals surface area contributed by atoms with Gasteiger partial charge in [-0.3, -0.25) is 9.59 Å². The second-order valence-corrected chi connectivity index (χ2v) is 12.6. The lowest BCUT2D eigenvalue weighted by molar-refractivity contribution is 0.0977. The Labute approximate surface area is 251 Å². The zero-order valence-electron chi connectivity index (χ0n) is 24.2. The van der Waals surface area contributed by atoms with Crippen LogP contribution in [0.4, 0.5) is 10.1 Å². The molecule has 1 fully saturated rings. The predicted octanol–water partition coefficient (Wildman–Crippen LogP) is 9.92. The van der Waals surface area contributed by atoms with Gasteiger partial charge >= 0.3 is 0 Å². The lowest BCUT2D eigenvalue weighted by Gasteiger charge is -2.28. The average Bonchev–Trinajstić information content (AvgIpc) is 3.01. The number of anilines is 1. The topological polar surface area (TPSA) is 46.2 Å². The number of nitrogens with one attached hydrogen (secondary N) is 1. The van der Waals surface area contributed by atoms with Crippen molar-refractivity contribution in [2.45, 2.75) is 68.1 Å². The second-order valence-electron chi connectivity index (χ2n) is 11.5. The summed E-state index contributed by atoms with van der Waals surface area (Å²) in [6.07, 6.45) is 7.34. The summed E-state index contributed by atoms with van der Waals surface area (Å²) < 4.78 is 15.3. The van der Waals surface area contributed by atoms with Crippen LogP contribution in [0, 0.1) is 11.7 Å².